The summed E-state index contributed by atoms with van der Waals surface area (Å²) in [5.41, 5.74) is 5.87. The van der Waals surface area contributed by atoms with Gasteiger partial charge in [-0.2, -0.15) is 0 Å². The van der Waals surface area contributed by atoms with Crippen molar-refractivity contribution in [1.29, 1.82) is 0 Å². The summed E-state index contributed by atoms with van der Waals surface area (Å²) in [5.74, 6) is -0.499. The number of esters is 1. The van der Waals surface area contributed by atoms with Crippen LogP contribution < -0.4 is 16.4 Å². The third-order valence-corrected chi connectivity index (χ3v) is 5.33. The van der Waals surface area contributed by atoms with Crippen LogP contribution in [0.3, 0.4) is 0 Å². The molecule has 8 heteroatoms. The predicted octanol–water partition coefficient (Wildman–Crippen LogP) is 3.07. The van der Waals surface area contributed by atoms with Gasteiger partial charge >= 0.3 is 12.0 Å². The second-order valence-corrected chi connectivity index (χ2v) is 7.76. The summed E-state index contributed by atoms with van der Waals surface area (Å²) in [5, 5.41) is 6.03. The van der Waals surface area contributed by atoms with Crippen LogP contribution in [0.25, 0.3) is 0 Å². The summed E-state index contributed by atoms with van der Waals surface area (Å²) in [6, 6.07) is 5.37. The summed E-state index contributed by atoms with van der Waals surface area (Å²) < 4.78 is 5.28. The third kappa shape index (κ3) is 6.71. The minimum absolute atomic E-state index is 0.112. The van der Waals surface area contributed by atoms with Crippen LogP contribution in [0, 0.1) is 5.92 Å². The van der Waals surface area contributed by atoms with Crippen molar-refractivity contribution in [3.63, 3.8) is 0 Å². The molecular weight excluding hydrogens is 382 g/mol. The normalized spacial score (nSPS) is 21.2. The van der Waals surface area contributed by atoms with E-state index in [2.05, 4.69) is 17.6 Å². The van der Waals surface area contributed by atoms with Gasteiger partial charge in [0.25, 0.3) is 5.91 Å². The van der Waals surface area contributed by atoms with E-state index in [0.717, 1.165) is 19.3 Å². The molecule has 4 atom stereocenters. The van der Waals surface area contributed by atoms with Crippen molar-refractivity contribution < 1.29 is 19.1 Å². The van der Waals surface area contributed by atoms with Gasteiger partial charge in [0.1, 0.15) is 0 Å². The first kappa shape index (κ1) is 22.0. The highest BCUT2D eigenvalue weighted by Gasteiger charge is 2.27. The molecule has 1 aromatic carbocycles. The molecule has 0 spiro atoms. The first-order valence-electron chi connectivity index (χ1n) is 9.57. The van der Waals surface area contributed by atoms with Crippen LogP contribution in [0.5, 0.6) is 0 Å². The van der Waals surface area contributed by atoms with E-state index in [9.17, 15) is 14.4 Å². The maximum absolute atomic E-state index is 12.4. The molecule has 1 fully saturated rings. The van der Waals surface area contributed by atoms with E-state index in [4.69, 9.17) is 22.1 Å². The van der Waals surface area contributed by atoms with E-state index < -0.39 is 24.1 Å². The third-order valence-electron chi connectivity index (χ3n) is 5.08. The van der Waals surface area contributed by atoms with E-state index in [0.29, 0.717) is 16.5 Å². The number of urea groups is 1. The molecule has 154 valence electrons. The van der Waals surface area contributed by atoms with Crippen molar-refractivity contribution in [1.82, 2.24) is 10.6 Å². The van der Waals surface area contributed by atoms with Crippen molar-refractivity contribution in [3.05, 3.63) is 34.9 Å². The van der Waals surface area contributed by atoms with E-state index >= 15 is 0 Å². The number of halogens is 1. The number of benzene rings is 1. The van der Waals surface area contributed by atoms with E-state index in [1.54, 1.807) is 31.2 Å². The van der Waals surface area contributed by atoms with E-state index in [1.807, 2.05) is 0 Å². The minimum Gasteiger partial charge on any atom is -0.452 e. The van der Waals surface area contributed by atoms with Crippen LogP contribution in [0.1, 0.15) is 57.6 Å². The van der Waals surface area contributed by atoms with Gasteiger partial charge in [-0.05, 0) is 43.4 Å². The van der Waals surface area contributed by atoms with Crippen LogP contribution >= 0.6 is 11.6 Å². The Bertz CT molecular complexity index is 695. The number of amides is 3. The van der Waals surface area contributed by atoms with Gasteiger partial charge in [-0.15, -0.1) is 0 Å². The zero-order valence-corrected chi connectivity index (χ0v) is 17.0. The van der Waals surface area contributed by atoms with Gasteiger partial charge in [-0.1, -0.05) is 43.5 Å². The van der Waals surface area contributed by atoms with Crippen molar-refractivity contribution in [2.45, 2.75) is 64.1 Å². The number of ether oxygens (including phenoxy) is 1. The minimum atomic E-state index is -0.916. The van der Waals surface area contributed by atoms with Gasteiger partial charge in [-0.25, -0.2) is 4.79 Å². The number of nitrogens with two attached hydrogens (primary N) is 1. The summed E-state index contributed by atoms with van der Waals surface area (Å²) in [6.07, 6.45) is 3.22. The lowest BCUT2D eigenvalue weighted by molar-refractivity contribution is -0.155. The Kier molecular flexibility index (Phi) is 8.11. The first-order valence-corrected chi connectivity index (χ1v) is 9.95. The Balaban J connectivity index is 1.92. The highest BCUT2D eigenvalue weighted by molar-refractivity contribution is 6.30. The molecule has 2 rings (SSSR count). The summed E-state index contributed by atoms with van der Waals surface area (Å²) in [4.78, 5) is 36.0. The van der Waals surface area contributed by atoms with Crippen molar-refractivity contribution in [2.75, 3.05) is 0 Å². The molecule has 3 amide bonds. The van der Waals surface area contributed by atoms with Crippen molar-refractivity contribution >= 4 is 29.5 Å². The molecule has 0 aliphatic heterocycles. The quantitative estimate of drug-likeness (QED) is 0.601. The largest absolute Gasteiger partial charge is 0.452 e. The second-order valence-electron chi connectivity index (χ2n) is 7.33. The van der Waals surface area contributed by atoms with Crippen molar-refractivity contribution in [3.8, 4) is 0 Å². The Hall–Kier alpha value is -2.28. The lowest BCUT2D eigenvalue weighted by atomic mass is 9.86. The molecule has 1 aliphatic carbocycles. The molecule has 0 saturated heterocycles. The molecule has 0 aromatic heterocycles. The van der Waals surface area contributed by atoms with E-state index in [1.165, 1.54) is 6.42 Å². The number of rotatable bonds is 7. The van der Waals surface area contributed by atoms with Gasteiger partial charge in [0, 0.05) is 11.1 Å². The van der Waals surface area contributed by atoms with Gasteiger partial charge in [-0.3, -0.25) is 9.59 Å². The fourth-order valence-electron chi connectivity index (χ4n) is 3.42. The first-order chi connectivity index (χ1) is 13.3. The molecule has 1 aliphatic rings. The Morgan fingerprint density at radius 2 is 1.86 bits per heavy atom. The van der Waals surface area contributed by atoms with Gasteiger partial charge in [0.2, 0.25) is 0 Å². The summed E-state index contributed by atoms with van der Waals surface area (Å²) in [6.45, 7) is 3.66. The van der Waals surface area contributed by atoms with Crippen LogP contribution in [-0.4, -0.2) is 30.1 Å². The lowest BCUT2D eigenvalue weighted by Gasteiger charge is -2.30. The van der Waals surface area contributed by atoms with E-state index in [-0.39, 0.29) is 18.4 Å². The summed E-state index contributed by atoms with van der Waals surface area (Å²) >= 11 is 5.87. The maximum atomic E-state index is 12.4. The maximum Gasteiger partial charge on any atom is 0.312 e. The van der Waals surface area contributed by atoms with Gasteiger partial charge < -0.3 is 21.1 Å². The molecule has 28 heavy (non-hydrogen) atoms. The molecule has 0 bridgehead atoms. The Labute approximate surface area is 170 Å². The molecular formula is C20H28ClN3O4. The van der Waals surface area contributed by atoms with Crippen LogP contribution in [0.15, 0.2) is 24.3 Å². The highest BCUT2D eigenvalue weighted by Crippen LogP contribution is 2.24. The van der Waals surface area contributed by atoms with Gasteiger partial charge in [0.15, 0.2) is 6.10 Å². The van der Waals surface area contributed by atoms with Crippen LogP contribution in [-0.2, 0) is 14.3 Å². The molecule has 0 heterocycles. The number of hydrogen-bond acceptors (Lipinski definition) is 4. The number of primary amides is 1. The summed E-state index contributed by atoms with van der Waals surface area (Å²) in [7, 11) is 0. The molecule has 1 aromatic rings. The fourth-order valence-corrected chi connectivity index (χ4v) is 3.54. The Morgan fingerprint density at radius 3 is 2.46 bits per heavy atom. The van der Waals surface area contributed by atoms with Crippen molar-refractivity contribution in [2.24, 2.45) is 11.7 Å². The standard InChI is InChI=1S/C20H28ClN3O4/c1-12-5-3-4-6-16(12)23-19(26)13(2)28-18(25)11-17(24-20(22)27)14-7-9-15(21)10-8-14/h7-10,12-13,16-17H,3-6,11H2,1-2H3,(H,23,26)(H3,22,24,27)/t12-,13-,16+,17+/m1/s1. The Morgan fingerprint density at radius 1 is 1.21 bits per heavy atom. The second kappa shape index (κ2) is 10.3. The number of carbonyl (C=O) groups excluding carboxylic acids is 3. The average molecular weight is 410 g/mol. The monoisotopic (exact) mass is 409 g/mol. The van der Waals surface area contributed by atoms with Crippen LogP contribution in [0.2, 0.25) is 5.02 Å². The zero-order chi connectivity index (χ0) is 20.7. The SMILES string of the molecule is C[C@@H]1CCCC[C@@H]1NC(=O)[C@@H](C)OC(=O)C[C@H](NC(N)=O)c1ccc(Cl)cc1. The molecule has 7 nitrogen and oxygen atoms in total. The molecule has 0 unspecified atom stereocenters. The number of hydrogen-bond donors (Lipinski definition) is 3. The smallest absolute Gasteiger partial charge is 0.312 e. The zero-order valence-electron chi connectivity index (χ0n) is 16.2. The lowest BCUT2D eigenvalue weighted by Crippen LogP contribution is -2.46. The molecule has 1 saturated carbocycles. The highest BCUT2D eigenvalue weighted by atomic mass is 35.5. The van der Waals surface area contributed by atoms with Gasteiger partial charge in [0.05, 0.1) is 12.5 Å². The van der Waals surface area contributed by atoms with Crippen LogP contribution in [0.4, 0.5) is 4.79 Å². The topological polar surface area (TPSA) is 111 Å². The fraction of sp³-hybridized carbons (Fsp3) is 0.550. The molecule has 0 radical (unpaired) electrons. The molecule has 4 N–H and O–H groups in total. The number of carbonyl (C=O) groups is 3. The number of nitrogens with one attached hydrogen (secondary N) is 2. The predicted molar refractivity (Wildman–Crippen MR) is 107 cm³/mol. The average Bonchev–Trinajstić information content (AvgIpc) is 2.63.